The van der Waals surface area contributed by atoms with Crippen molar-refractivity contribution in [1.29, 1.82) is 0 Å². The van der Waals surface area contributed by atoms with E-state index in [-0.39, 0.29) is 17.9 Å². The zero-order valence-electron chi connectivity index (χ0n) is 11.1. The van der Waals surface area contributed by atoms with Gasteiger partial charge in [-0.05, 0) is 32.4 Å². The minimum absolute atomic E-state index is 0.0748. The molecule has 0 unspecified atom stereocenters. The monoisotopic (exact) mass is 280 g/mol. The van der Waals surface area contributed by atoms with Crippen LogP contribution in [0.2, 0.25) is 0 Å². The molecule has 1 aromatic heterocycles. The molecule has 1 heterocycles. The lowest BCUT2D eigenvalue weighted by Crippen LogP contribution is -2.44. The molecule has 0 atom stereocenters. The highest BCUT2D eigenvalue weighted by molar-refractivity contribution is 6.17. The van der Waals surface area contributed by atoms with Gasteiger partial charge in [-0.25, -0.2) is 0 Å². The minimum atomic E-state index is -0.307. The topological polar surface area (TPSA) is 55.1 Å². The normalized spacial score (nSPS) is 11.7. The second kappa shape index (κ2) is 5.61. The fraction of sp³-hybridized carbons (Fsp3) is 0.429. The fourth-order valence-electron chi connectivity index (χ4n) is 1.94. The van der Waals surface area contributed by atoms with Crippen molar-refractivity contribution >= 4 is 28.5 Å². The Bertz CT molecular complexity index is 578. The number of halogens is 1. The van der Waals surface area contributed by atoms with Crippen molar-refractivity contribution in [2.75, 3.05) is 5.88 Å². The van der Waals surface area contributed by atoms with Crippen LogP contribution in [0, 0.1) is 0 Å². The van der Waals surface area contributed by atoms with Gasteiger partial charge < -0.3 is 9.84 Å². The van der Waals surface area contributed by atoms with Gasteiger partial charge in [0.15, 0.2) is 5.58 Å². The lowest BCUT2D eigenvalue weighted by Gasteiger charge is -2.25. The van der Waals surface area contributed by atoms with Crippen LogP contribution in [0.25, 0.3) is 11.0 Å². The van der Waals surface area contributed by atoms with Crippen LogP contribution < -0.4 is 5.32 Å². The molecule has 0 saturated carbocycles. The van der Waals surface area contributed by atoms with Gasteiger partial charge in [-0.2, -0.15) is 0 Å². The number of hydrogen-bond donors (Lipinski definition) is 1. The average molecular weight is 281 g/mol. The molecule has 0 aliphatic carbocycles. The van der Waals surface area contributed by atoms with Gasteiger partial charge in [-0.15, -0.1) is 11.6 Å². The van der Waals surface area contributed by atoms with Crippen molar-refractivity contribution in [1.82, 2.24) is 10.5 Å². The first-order chi connectivity index (χ1) is 9.02. The molecular weight excluding hydrogens is 264 g/mol. The third kappa shape index (κ3) is 3.47. The van der Waals surface area contributed by atoms with E-state index in [4.69, 9.17) is 16.1 Å². The van der Waals surface area contributed by atoms with Crippen LogP contribution in [0.1, 0.15) is 26.0 Å². The number of benzene rings is 1. The number of aromatic nitrogens is 1. The molecule has 2 aromatic rings. The van der Waals surface area contributed by atoms with Crippen molar-refractivity contribution in [3.05, 3.63) is 30.0 Å². The van der Waals surface area contributed by atoms with E-state index in [1.54, 1.807) is 0 Å². The first kappa shape index (κ1) is 13.9. The summed E-state index contributed by atoms with van der Waals surface area (Å²) in [5, 5.41) is 7.79. The van der Waals surface area contributed by atoms with Gasteiger partial charge in [-0.3, -0.25) is 4.79 Å². The van der Waals surface area contributed by atoms with E-state index in [1.807, 2.05) is 38.1 Å². The number of alkyl halides is 1. The van der Waals surface area contributed by atoms with Crippen molar-refractivity contribution in [2.24, 2.45) is 0 Å². The number of fused-ring (bicyclic) bond motifs is 1. The standard InChI is InChI=1S/C14H17ClN2O2/c1-14(2,7-8-15)16-13(18)9-11-10-5-3-4-6-12(10)19-17-11/h3-6H,7-9H2,1-2H3,(H,16,18). The number of nitrogens with one attached hydrogen (secondary N) is 1. The highest BCUT2D eigenvalue weighted by Crippen LogP contribution is 2.18. The van der Waals surface area contributed by atoms with Crippen LogP contribution in [-0.4, -0.2) is 22.5 Å². The van der Waals surface area contributed by atoms with Crippen molar-refractivity contribution in [3.63, 3.8) is 0 Å². The van der Waals surface area contributed by atoms with Crippen molar-refractivity contribution in [3.8, 4) is 0 Å². The molecule has 0 bridgehead atoms. The fourth-order valence-corrected chi connectivity index (χ4v) is 2.41. The van der Waals surface area contributed by atoms with Gasteiger partial charge in [0.05, 0.1) is 6.42 Å². The molecule has 19 heavy (non-hydrogen) atoms. The summed E-state index contributed by atoms with van der Waals surface area (Å²) >= 11 is 5.71. The molecule has 1 N–H and O–H groups in total. The summed E-state index contributed by atoms with van der Waals surface area (Å²) in [7, 11) is 0. The van der Waals surface area contributed by atoms with Gasteiger partial charge in [0, 0.05) is 16.8 Å². The maximum Gasteiger partial charge on any atom is 0.226 e. The molecule has 0 spiro atoms. The van der Waals surface area contributed by atoms with E-state index in [2.05, 4.69) is 10.5 Å². The third-order valence-electron chi connectivity index (χ3n) is 2.98. The van der Waals surface area contributed by atoms with Crippen molar-refractivity contribution < 1.29 is 9.32 Å². The van der Waals surface area contributed by atoms with Crippen molar-refractivity contribution in [2.45, 2.75) is 32.2 Å². The number of carbonyl (C=O) groups is 1. The molecule has 0 radical (unpaired) electrons. The molecular formula is C14H17ClN2O2. The smallest absolute Gasteiger partial charge is 0.226 e. The molecule has 0 saturated heterocycles. The SMILES string of the molecule is CC(C)(CCCl)NC(=O)Cc1noc2ccccc12. The summed E-state index contributed by atoms with van der Waals surface area (Å²) in [5.74, 6) is 0.439. The van der Waals surface area contributed by atoms with E-state index in [0.29, 0.717) is 17.2 Å². The first-order valence-electron chi connectivity index (χ1n) is 6.22. The minimum Gasteiger partial charge on any atom is -0.356 e. The van der Waals surface area contributed by atoms with E-state index in [0.717, 1.165) is 11.8 Å². The van der Waals surface area contributed by atoms with E-state index in [9.17, 15) is 4.79 Å². The highest BCUT2D eigenvalue weighted by Gasteiger charge is 2.21. The van der Waals surface area contributed by atoms with E-state index < -0.39 is 0 Å². The maximum absolute atomic E-state index is 12.0. The molecule has 0 aliphatic rings. The molecule has 0 aliphatic heterocycles. The zero-order chi connectivity index (χ0) is 13.9. The second-order valence-electron chi connectivity index (χ2n) is 5.17. The van der Waals surface area contributed by atoms with Crippen LogP contribution in [0.15, 0.2) is 28.8 Å². The maximum atomic E-state index is 12.0. The number of hydrogen-bond acceptors (Lipinski definition) is 3. The predicted octanol–water partition coefficient (Wildman–Crippen LogP) is 2.89. The summed E-state index contributed by atoms with van der Waals surface area (Å²) in [5.41, 5.74) is 1.05. The molecule has 4 nitrogen and oxygen atoms in total. The average Bonchev–Trinajstić information content (AvgIpc) is 2.72. The predicted molar refractivity (Wildman–Crippen MR) is 75.3 cm³/mol. The molecule has 5 heteroatoms. The summed E-state index contributed by atoms with van der Waals surface area (Å²) in [6.07, 6.45) is 0.933. The molecule has 102 valence electrons. The number of para-hydroxylation sites is 1. The van der Waals surface area contributed by atoms with Gasteiger partial charge in [0.2, 0.25) is 5.91 Å². The lowest BCUT2D eigenvalue weighted by molar-refractivity contribution is -0.122. The van der Waals surface area contributed by atoms with Crippen LogP contribution in [-0.2, 0) is 11.2 Å². The summed E-state index contributed by atoms with van der Waals surface area (Å²) in [4.78, 5) is 12.0. The Kier molecular flexibility index (Phi) is 4.10. The lowest BCUT2D eigenvalue weighted by atomic mass is 10.0. The Hall–Kier alpha value is -1.55. The van der Waals surface area contributed by atoms with Gasteiger partial charge in [-0.1, -0.05) is 17.3 Å². The largest absolute Gasteiger partial charge is 0.356 e. The molecule has 0 fully saturated rings. The Morgan fingerprint density at radius 2 is 2.16 bits per heavy atom. The quantitative estimate of drug-likeness (QED) is 0.857. The van der Waals surface area contributed by atoms with Crippen LogP contribution in [0.3, 0.4) is 0 Å². The Balaban J connectivity index is 2.07. The summed E-state index contributed by atoms with van der Waals surface area (Å²) < 4.78 is 5.18. The Labute approximate surface area is 117 Å². The van der Waals surface area contributed by atoms with E-state index >= 15 is 0 Å². The Morgan fingerprint density at radius 3 is 2.89 bits per heavy atom. The third-order valence-corrected chi connectivity index (χ3v) is 3.17. The number of nitrogens with zero attached hydrogens (tertiary/aromatic N) is 1. The van der Waals surface area contributed by atoms with Gasteiger partial charge >= 0.3 is 0 Å². The number of amides is 1. The molecule has 1 amide bonds. The van der Waals surface area contributed by atoms with Gasteiger partial charge in [0.1, 0.15) is 5.69 Å². The number of carbonyl (C=O) groups excluding carboxylic acids is 1. The molecule has 2 rings (SSSR count). The highest BCUT2D eigenvalue weighted by atomic mass is 35.5. The van der Waals surface area contributed by atoms with Gasteiger partial charge in [0.25, 0.3) is 0 Å². The molecule has 1 aromatic carbocycles. The van der Waals surface area contributed by atoms with Crippen LogP contribution in [0.5, 0.6) is 0 Å². The van der Waals surface area contributed by atoms with Crippen LogP contribution in [0.4, 0.5) is 0 Å². The van der Waals surface area contributed by atoms with Crippen LogP contribution >= 0.6 is 11.6 Å². The zero-order valence-corrected chi connectivity index (χ0v) is 11.8. The summed E-state index contributed by atoms with van der Waals surface area (Å²) in [6, 6.07) is 7.51. The first-order valence-corrected chi connectivity index (χ1v) is 6.75. The Morgan fingerprint density at radius 1 is 1.42 bits per heavy atom. The number of rotatable bonds is 5. The second-order valence-corrected chi connectivity index (χ2v) is 5.55. The van der Waals surface area contributed by atoms with E-state index in [1.165, 1.54) is 0 Å². The summed E-state index contributed by atoms with van der Waals surface area (Å²) in [6.45, 7) is 3.91.